The van der Waals surface area contributed by atoms with Gasteiger partial charge in [0.25, 0.3) is 11.2 Å². The number of benzene rings is 2. The fourth-order valence-corrected chi connectivity index (χ4v) is 6.56. The highest BCUT2D eigenvalue weighted by molar-refractivity contribution is 9.10. The first kappa shape index (κ1) is 25.0. The van der Waals surface area contributed by atoms with Crippen LogP contribution in [-0.2, 0) is 12.7 Å². The van der Waals surface area contributed by atoms with Gasteiger partial charge in [0.15, 0.2) is 5.13 Å². The van der Waals surface area contributed by atoms with Gasteiger partial charge in [-0.05, 0) is 42.0 Å². The number of rotatable bonds is 4. The minimum Gasteiger partial charge on any atom is -0.348 e. The molecule has 0 saturated carbocycles. The third-order valence-electron chi connectivity index (χ3n) is 6.84. The maximum Gasteiger partial charge on any atom is 0.416 e. The van der Waals surface area contributed by atoms with Gasteiger partial charge in [0.1, 0.15) is 10.5 Å². The Hall–Kier alpha value is -2.64. The Morgan fingerprint density at radius 3 is 2.47 bits per heavy atom. The normalized spacial score (nSPS) is 18.0. The van der Waals surface area contributed by atoms with Gasteiger partial charge in [-0.15, -0.1) is 0 Å². The fraction of sp³-hybridized carbons (Fsp3) is 0.391. The Labute approximate surface area is 214 Å². The molecule has 2 aromatic carbocycles. The molecule has 7 nitrogen and oxygen atoms in total. The quantitative estimate of drug-likeness (QED) is 0.225. The number of hydrogen-bond donors (Lipinski definition) is 0. The van der Waals surface area contributed by atoms with Crippen molar-refractivity contribution in [3.63, 3.8) is 0 Å². The Morgan fingerprint density at radius 1 is 1.17 bits per heavy atom. The van der Waals surface area contributed by atoms with Crippen molar-refractivity contribution in [2.75, 3.05) is 31.1 Å². The van der Waals surface area contributed by atoms with Crippen LogP contribution in [0.5, 0.6) is 0 Å². The highest BCUT2D eigenvalue weighted by Gasteiger charge is 2.45. The van der Waals surface area contributed by atoms with Crippen molar-refractivity contribution in [1.29, 1.82) is 0 Å². The van der Waals surface area contributed by atoms with E-state index in [9.17, 15) is 32.5 Å². The van der Waals surface area contributed by atoms with Gasteiger partial charge in [-0.1, -0.05) is 33.3 Å². The number of nitro benzene ring substituents is 1. The summed E-state index contributed by atoms with van der Waals surface area (Å²) >= 11 is 4.27. The molecule has 1 aromatic heterocycles. The monoisotopic (exact) mass is 586 g/mol. The SMILES string of the molecule is O=c1nc(N2CCC3(CC2)CN(Cc2ccc(F)cc2Br)C3)sc2c([N+](=O)[O-])cc(C(F)(F)F)cc12. The lowest BCUT2D eigenvalue weighted by molar-refractivity contribution is -0.383. The topological polar surface area (TPSA) is 79.6 Å². The molecule has 190 valence electrons. The van der Waals surface area contributed by atoms with Crippen molar-refractivity contribution in [2.24, 2.45) is 5.41 Å². The zero-order chi connectivity index (χ0) is 25.8. The number of likely N-dealkylation sites (tertiary alicyclic amines) is 1. The van der Waals surface area contributed by atoms with Gasteiger partial charge >= 0.3 is 6.18 Å². The summed E-state index contributed by atoms with van der Waals surface area (Å²) in [5.74, 6) is -0.297. The maximum atomic E-state index is 13.3. The molecule has 0 aliphatic carbocycles. The lowest BCUT2D eigenvalue weighted by Gasteiger charge is -2.54. The van der Waals surface area contributed by atoms with Crippen LogP contribution in [-0.4, -0.2) is 41.0 Å². The van der Waals surface area contributed by atoms with Crippen LogP contribution in [0.25, 0.3) is 10.1 Å². The average molecular weight is 587 g/mol. The fourth-order valence-electron chi connectivity index (χ4n) is 4.97. The summed E-state index contributed by atoms with van der Waals surface area (Å²) in [7, 11) is 0. The van der Waals surface area contributed by atoms with Gasteiger partial charge in [-0.25, -0.2) is 4.39 Å². The Balaban J connectivity index is 1.31. The molecule has 0 radical (unpaired) electrons. The van der Waals surface area contributed by atoms with Crippen LogP contribution < -0.4 is 10.5 Å². The second-order valence-electron chi connectivity index (χ2n) is 9.30. The van der Waals surface area contributed by atoms with Gasteiger partial charge in [0.05, 0.1) is 15.9 Å². The predicted octanol–water partition coefficient (Wildman–Crippen LogP) is 5.59. The van der Waals surface area contributed by atoms with E-state index in [0.29, 0.717) is 31.8 Å². The number of anilines is 1. The number of alkyl halides is 3. The molecule has 0 bridgehead atoms. The van der Waals surface area contributed by atoms with Crippen LogP contribution in [0.1, 0.15) is 24.0 Å². The highest BCUT2D eigenvalue weighted by atomic mass is 79.9. The van der Waals surface area contributed by atoms with E-state index in [4.69, 9.17) is 0 Å². The predicted molar refractivity (Wildman–Crippen MR) is 131 cm³/mol. The Kier molecular flexibility index (Phi) is 6.28. The first-order valence-corrected chi connectivity index (χ1v) is 12.7. The molecule has 2 fully saturated rings. The minimum absolute atomic E-state index is 0.108. The number of halogens is 5. The van der Waals surface area contributed by atoms with Crippen LogP contribution >= 0.6 is 27.3 Å². The van der Waals surface area contributed by atoms with E-state index in [-0.39, 0.29) is 21.1 Å². The van der Waals surface area contributed by atoms with Gasteiger partial charge in [-0.3, -0.25) is 19.8 Å². The molecule has 3 heterocycles. The summed E-state index contributed by atoms with van der Waals surface area (Å²) in [5.41, 5.74) is -1.79. The van der Waals surface area contributed by atoms with Crippen LogP contribution in [0, 0.1) is 21.3 Å². The van der Waals surface area contributed by atoms with Crippen LogP contribution in [0.4, 0.5) is 28.4 Å². The first-order chi connectivity index (χ1) is 16.9. The summed E-state index contributed by atoms with van der Waals surface area (Å²) in [6, 6.07) is 5.74. The van der Waals surface area contributed by atoms with Crippen molar-refractivity contribution < 1.29 is 22.5 Å². The second kappa shape index (κ2) is 9.03. The number of nitro groups is 1. The standard InChI is InChI=1S/C23H19BrF4N4O3S/c24-17-9-15(25)2-1-13(17)10-30-11-22(12-30)3-5-31(6-4-22)21-29-20(33)16-7-14(23(26,27)28)8-18(32(34)35)19(16)36-21/h1-2,7-9H,3-6,10-12H2. The zero-order valence-corrected chi connectivity index (χ0v) is 21.1. The van der Waals surface area contributed by atoms with E-state index < -0.39 is 33.3 Å². The molecule has 0 atom stereocenters. The molecule has 1 spiro atoms. The number of hydrogen-bond acceptors (Lipinski definition) is 7. The maximum absolute atomic E-state index is 13.3. The van der Waals surface area contributed by atoms with Crippen LogP contribution in [0.15, 0.2) is 39.6 Å². The van der Waals surface area contributed by atoms with E-state index in [1.165, 1.54) is 12.1 Å². The summed E-state index contributed by atoms with van der Waals surface area (Å²) in [4.78, 5) is 31.3. The number of nitrogens with zero attached hydrogens (tertiary/aromatic N) is 4. The van der Waals surface area contributed by atoms with Crippen LogP contribution in [0.2, 0.25) is 0 Å². The molecule has 0 amide bonds. The van der Waals surface area contributed by atoms with Crippen molar-refractivity contribution in [1.82, 2.24) is 9.88 Å². The highest BCUT2D eigenvalue weighted by Crippen LogP contribution is 2.44. The second-order valence-corrected chi connectivity index (χ2v) is 11.1. The third-order valence-corrected chi connectivity index (χ3v) is 8.74. The van der Waals surface area contributed by atoms with Crippen molar-refractivity contribution in [3.05, 3.63) is 72.2 Å². The third kappa shape index (κ3) is 4.71. The van der Waals surface area contributed by atoms with Crippen LogP contribution in [0.3, 0.4) is 0 Å². The summed E-state index contributed by atoms with van der Waals surface area (Å²) in [6.07, 6.45) is -3.17. The zero-order valence-electron chi connectivity index (χ0n) is 18.6. The summed E-state index contributed by atoms with van der Waals surface area (Å²) in [6.45, 7) is 3.60. The van der Waals surface area contributed by atoms with E-state index in [1.54, 1.807) is 6.07 Å². The molecule has 3 aromatic rings. The summed E-state index contributed by atoms with van der Waals surface area (Å²) in [5, 5.41) is 11.4. The van der Waals surface area contributed by atoms with Gasteiger partial charge in [0, 0.05) is 43.3 Å². The van der Waals surface area contributed by atoms with Gasteiger partial charge in [-0.2, -0.15) is 18.2 Å². The molecular weight excluding hydrogens is 568 g/mol. The van der Waals surface area contributed by atoms with E-state index in [2.05, 4.69) is 25.8 Å². The van der Waals surface area contributed by atoms with Gasteiger partial charge in [0.2, 0.25) is 0 Å². The summed E-state index contributed by atoms with van der Waals surface area (Å²) < 4.78 is 53.5. The van der Waals surface area contributed by atoms with E-state index in [1.807, 2.05) is 4.90 Å². The molecule has 0 N–H and O–H groups in total. The van der Waals surface area contributed by atoms with Crippen molar-refractivity contribution in [2.45, 2.75) is 25.6 Å². The van der Waals surface area contributed by atoms with Crippen molar-refractivity contribution in [3.8, 4) is 0 Å². The number of piperidine rings is 1. The lowest BCUT2D eigenvalue weighted by atomic mass is 9.72. The number of non-ortho nitro benzene ring substituents is 1. The van der Waals surface area contributed by atoms with Crippen molar-refractivity contribution >= 4 is 48.2 Å². The number of aromatic nitrogens is 1. The molecule has 2 saturated heterocycles. The molecular formula is C23H19BrF4N4O3S. The lowest BCUT2D eigenvalue weighted by Crippen LogP contribution is -2.59. The van der Waals surface area contributed by atoms with E-state index >= 15 is 0 Å². The Morgan fingerprint density at radius 2 is 1.86 bits per heavy atom. The average Bonchev–Trinajstić information content (AvgIpc) is 2.78. The van der Waals surface area contributed by atoms with E-state index in [0.717, 1.165) is 47.3 Å². The molecule has 2 aliphatic heterocycles. The molecule has 36 heavy (non-hydrogen) atoms. The number of fused-ring (bicyclic) bond motifs is 1. The molecule has 5 rings (SSSR count). The molecule has 0 unspecified atom stereocenters. The molecule has 2 aliphatic rings. The smallest absolute Gasteiger partial charge is 0.348 e. The van der Waals surface area contributed by atoms with Gasteiger partial charge < -0.3 is 4.90 Å². The Bertz CT molecular complexity index is 1410. The minimum atomic E-state index is -4.82. The molecule has 13 heteroatoms. The largest absolute Gasteiger partial charge is 0.416 e. The first-order valence-electron chi connectivity index (χ1n) is 11.1.